The third kappa shape index (κ3) is 4.05. The molecule has 9 heteroatoms. The summed E-state index contributed by atoms with van der Waals surface area (Å²) >= 11 is 0. The SMILES string of the molecule is CNC1CCCN(S(=O)(=O)c2cc(C(=O)OC)cc(F)c2C)C1.Cl. The van der Waals surface area contributed by atoms with Crippen molar-refractivity contribution in [2.45, 2.75) is 30.7 Å². The fourth-order valence-corrected chi connectivity index (χ4v) is 4.48. The first-order valence-electron chi connectivity index (χ1n) is 7.37. The monoisotopic (exact) mass is 380 g/mol. The van der Waals surface area contributed by atoms with Crippen molar-refractivity contribution in [3.63, 3.8) is 0 Å². The fraction of sp³-hybridized carbons (Fsp3) is 0.533. The lowest BCUT2D eigenvalue weighted by atomic mass is 10.1. The van der Waals surface area contributed by atoms with Gasteiger partial charge in [-0.25, -0.2) is 17.6 Å². The second kappa shape index (κ2) is 8.24. The molecule has 0 radical (unpaired) electrons. The summed E-state index contributed by atoms with van der Waals surface area (Å²) in [6, 6.07) is 2.24. The van der Waals surface area contributed by atoms with Gasteiger partial charge in [0.25, 0.3) is 0 Å². The fourth-order valence-electron chi connectivity index (χ4n) is 2.69. The molecule has 136 valence electrons. The van der Waals surface area contributed by atoms with Gasteiger partial charge in [-0.1, -0.05) is 0 Å². The summed E-state index contributed by atoms with van der Waals surface area (Å²) in [7, 11) is -0.932. The second-order valence-electron chi connectivity index (χ2n) is 5.56. The summed E-state index contributed by atoms with van der Waals surface area (Å²) < 4.78 is 45.7. The summed E-state index contributed by atoms with van der Waals surface area (Å²) in [5.41, 5.74) is -0.111. The highest BCUT2D eigenvalue weighted by molar-refractivity contribution is 7.89. The number of likely N-dealkylation sites (N-methyl/N-ethyl adjacent to an activating group) is 1. The Morgan fingerprint density at radius 3 is 2.67 bits per heavy atom. The molecule has 0 saturated carbocycles. The first-order chi connectivity index (χ1) is 10.8. The van der Waals surface area contributed by atoms with Gasteiger partial charge < -0.3 is 10.1 Å². The van der Waals surface area contributed by atoms with Crippen molar-refractivity contribution in [3.8, 4) is 0 Å². The molecule has 6 nitrogen and oxygen atoms in total. The lowest BCUT2D eigenvalue weighted by molar-refractivity contribution is 0.0600. The number of halogens is 2. The van der Waals surface area contributed by atoms with Crippen LogP contribution in [0.3, 0.4) is 0 Å². The maximum absolute atomic E-state index is 14.1. The molecule has 1 saturated heterocycles. The zero-order chi connectivity index (χ0) is 17.2. The number of methoxy groups -OCH3 is 1. The molecule has 0 amide bonds. The Labute approximate surface area is 147 Å². The maximum Gasteiger partial charge on any atom is 0.337 e. The molecule has 1 heterocycles. The molecule has 1 aromatic rings. The lowest BCUT2D eigenvalue weighted by Gasteiger charge is -2.32. The van der Waals surface area contributed by atoms with E-state index in [9.17, 15) is 17.6 Å². The van der Waals surface area contributed by atoms with Crippen LogP contribution in [0.1, 0.15) is 28.8 Å². The Kier molecular flexibility index (Phi) is 7.15. The molecule has 1 aromatic carbocycles. The highest BCUT2D eigenvalue weighted by atomic mass is 35.5. The molecule has 1 atom stereocenters. The number of carbonyl (C=O) groups is 1. The highest BCUT2D eigenvalue weighted by Crippen LogP contribution is 2.26. The van der Waals surface area contributed by atoms with Crippen LogP contribution in [0.5, 0.6) is 0 Å². The molecule has 2 rings (SSSR count). The van der Waals surface area contributed by atoms with Crippen molar-refractivity contribution in [2.24, 2.45) is 0 Å². The van der Waals surface area contributed by atoms with Gasteiger partial charge in [-0.15, -0.1) is 12.4 Å². The average Bonchev–Trinajstić information content (AvgIpc) is 2.56. The van der Waals surface area contributed by atoms with E-state index < -0.39 is 21.8 Å². The summed E-state index contributed by atoms with van der Waals surface area (Å²) in [5.74, 6) is -1.51. The Hall–Kier alpha value is -1.22. The minimum absolute atomic E-state index is 0. The molecule has 1 aliphatic heterocycles. The molecular weight excluding hydrogens is 359 g/mol. The summed E-state index contributed by atoms with van der Waals surface area (Å²) in [6.07, 6.45) is 1.61. The Balaban J connectivity index is 0.00000288. The Morgan fingerprint density at radius 1 is 1.42 bits per heavy atom. The van der Waals surface area contributed by atoms with Crippen LogP contribution in [0.2, 0.25) is 0 Å². The number of ether oxygens (including phenoxy) is 1. The van der Waals surface area contributed by atoms with Gasteiger partial charge >= 0.3 is 5.97 Å². The van der Waals surface area contributed by atoms with Crippen molar-refractivity contribution < 1.29 is 22.3 Å². The van der Waals surface area contributed by atoms with Crippen LogP contribution in [-0.2, 0) is 14.8 Å². The summed E-state index contributed by atoms with van der Waals surface area (Å²) in [4.78, 5) is 11.4. The van der Waals surface area contributed by atoms with Gasteiger partial charge in [0.05, 0.1) is 17.6 Å². The normalized spacial score (nSPS) is 18.8. The van der Waals surface area contributed by atoms with Gasteiger partial charge in [0, 0.05) is 24.7 Å². The molecule has 0 aromatic heterocycles. The van der Waals surface area contributed by atoms with Gasteiger partial charge in [0.1, 0.15) is 5.82 Å². The maximum atomic E-state index is 14.1. The Morgan fingerprint density at radius 2 is 2.08 bits per heavy atom. The van der Waals surface area contributed by atoms with Crippen molar-refractivity contribution in [3.05, 3.63) is 29.1 Å². The third-order valence-electron chi connectivity index (χ3n) is 4.13. The van der Waals surface area contributed by atoms with E-state index in [1.54, 1.807) is 7.05 Å². The number of hydrogen-bond donors (Lipinski definition) is 1. The molecule has 1 unspecified atom stereocenters. The van der Waals surface area contributed by atoms with E-state index in [0.717, 1.165) is 26.0 Å². The van der Waals surface area contributed by atoms with E-state index >= 15 is 0 Å². The second-order valence-corrected chi connectivity index (χ2v) is 7.47. The Bertz CT molecular complexity index is 712. The molecule has 1 N–H and O–H groups in total. The lowest BCUT2D eigenvalue weighted by Crippen LogP contribution is -2.47. The zero-order valence-electron chi connectivity index (χ0n) is 13.8. The van der Waals surface area contributed by atoms with E-state index in [1.807, 2.05) is 0 Å². The van der Waals surface area contributed by atoms with E-state index in [2.05, 4.69) is 10.1 Å². The number of benzene rings is 1. The van der Waals surface area contributed by atoms with Crippen molar-refractivity contribution in [2.75, 3.05) is 27.2 Å². The third-order valence-corrected chi connectivity index (χ3v) is 6.12. The standard InChI is InChI=1S/C15H21FN2O4S.ClH/c1-10-13(16)7-11(15(19)22-3)8-14(10)23(20,21)18-6-4-5-12(9-18)17-2;/h7-8,12,17H,4-6,9H2,1-3H3;1H. The number of nitrogens with one attached hydrogen (secondary N) is 1. The van der Waals surface area contributed by atoms with Crippen LogP contribution in [0.15, 0.2) is 17.0 Å². The molecule has 0 aliphatic carbocycles. The van der Waals surface area contributed by atoms with Crippen LogP contribution >= 0.6 is 12.4 Å². The quantitative estimate of drug-likeness (QED) is 0.805. The number of hydrogen-bond acceptors (Lipinski definition) is 5. The van der Waals surface area contributed by atoms with Crippen LogP contribution in [0.25, 0.3) is 0 Å². The first-order valence-corrected chi connectivity index (χ1v) is 8.81. The van der Waals surface area contributed by atoms with Crippen molar-refractivity contribution in [1.82, 2.24) is 9.62 Å². The molecule has 0 bridgehead atoms. The number of piperidine rings is 1. The number of esters is 1. The predicted molar refractivity (Wildman–Crippen MR) is 90.6 cm³/mol. The first kappa shape index (κ1) is 20.8. The van der Waals surface area contributed by atoms with Gasteiger partial charge in [-0.05, 0) is 38.9 Å². The molecule has 0 spiro atoms. The van der Waals surface area contributed by atoms with Gasteiger partial charge in [-0.3, -0.25) is 0 Å². The zero-order valence-corrected chi connectivity index (χ0v) is 15.5. The van der Waals surface area contributed by atoms with Gasteiger partial charge in [-0.2, -0.15) is 4.31 Å². The topological polar surface area (TPSA) is 75.7 Å². The van der Waals surface area contributed by atoms with Gasteiger partial charge in [0.2, 0.25) is 10.0 Å². The van der Waals surface area contributed by atoms with Crippen molar-refractivity contribution in [1.29, 1.82) is 0 Å². The molecule has 24 heavy (non-hydrogen) atoms. The van der Waals surface area contributed by atoms with E-state index in [1.165, 1.54) is 17.3 Å². The van der Waals surface area contributed by atoms with E-state index in [4.69, 9.17) is 0 Å². The number of nitrogens with zero attached hydrogens (tertiary/aromatic N) is 1. The summed E-state index contributed by atoms with van der Waals surface area (Å²) in [6.45, 7) is 2.09. The number of sulfonamides is 1. The molecule has 1 fully saturated rings. The van der Waals surface area contributed by atoms with Crippen LogP contribution in [-0.4, -0.2) is 52.0 Å². The minimum atomic E-state index is -3.88. The van der Waals surface area contributed by atoms with Crippen LogP contribution in [0, 0.1) is 12.7 Å². The van der Waals surface area contributed by atoms with Gasteiger partial charge in [0.15, 0.2) is 0 Å². The predicted octanol–water partition coefficient (Wildman–Crippen LogP) is 1.72. The molecule has 1 aliphatic rings. The van der Waals surface area contributed by atoms with E-state index in [0.29, 0.717) is 13.1 Å². The highest BCUT2D eigenvalue weighted by Gasteiger charge is 2.32. The average molecular weight is 381 g/mol. The van der Waals surface area contributed by atoms with Crippen LogP contribution in [0.4, 0.5) is 4.39 Å². The minimum Gasteiger partial charge on any atom is -0.465 e. The molecular formula is C15H22ClFN2O4S. The largest absolute Gasteiger partial charge is 0.465 e. The smallest absolute Gasteiger partial charge is 0.337 e. The van der Waals surface area contributed by atoms with E-state index in [-0.39, 0.29) is 34.5 Å². The van der Waals surface area contributed by atoms with Crippen molar-refractivity contribution >= 4 is 28.4 Å². The number of rotatable bonds is 4. The van der Waals surface area contributed by atoms with Crippen LogP contribution < -0.4 is 5.32 Å². The summed E-state index contributed by atoms with van der Waals surface area (Å²) in [5, 5.41) is 3.07. The number of carbonyl (C=O) groups excluding carboxylic acids is 1.